The van der Waals surface area contributed by atoms with Gasteiger partial charge in [0.2, 0.25) is 0 Å². The zero-order chi connectivity index (χ0) is 13.8. The van der Waals surface area contributed by atoms with Crippen molar-refractivity contribution in [2.24, 2.45) is 0 Å². The molecule has 2 aromatic rings. The predicted molar refractivity (Wildman–Crippen MR) is 76.0 cm³/mol. The van der Waals surface area contributed by atoms with Gasteiger partial charge in [-0.15, -0.1) is 0 Å². The van der Waals surface area contributed by atoms with Crippen molar-refractivity contribution in [1.82, 2.24) is 9.88 Å². The Morgan fingerprint density at radius 1 is 1.32 bits per heavy atom. The number of para-hydroxylation sites is 1. The average Bonchev–Trinajstić information content (AvgIpc) is 2.80. The van der Waals surface area contributed by atoms with Gasteiger partial charge >= 0.3 is 5.97 Å². The van der Waals surface area contributed by atoms with Gasteiger partial charge in [0.15, 0.2) is 0 Å². The van der Waals surface area contributed by atoms with Gasteiger partial charge in [-0.05, 0) is 17.5 Å². The fraction of sp³-hybridized carbons (Fsp3) is 0.400. The van der Waals surface area contributed by atoms with Crippen LogP contribution in [0.4, 0.5) is 0 Å². The Labute approximate surface area is 113 Å². The highest BCUT2D eigenvalue weighted by molar-refractivity contribution is 5.80. The lowest BCUT2D eigenvalue weighted by molar-refractivity contribution is -0.143. The largest absolute Gasteiger partial charge is 0.468 e. The van der Waals surface area contributed by atoms with E-state index in [1.165, 1.54) is 12.5 Å². The molecule has 0 amide bonds. The van der Waals surface area contributed by atoms with E-state index in [1.807, 2.05) is 32.2 Å². The number of nitrogens with zero attached hydrogens (tertiary/aromatic N) is 1. The van der Waals surface area contributed by atoms with Crippen LogP contribution in [0.25, 0.3) is 10.9 Å². The highest BCUT2D eigenvalue weighted by Gasteiger charge is 2.20. The third-order valence-electron chi connectivity index (χ3n) is 3.08. The topological polar surface area (TPSA) is 43.3 Å². The second-order valence-corrected chi connectivity index (χ2v) is 4.92. The summed E-state index contributed by atoms with van der Waals surface area (Å²) in [6, 6.07) is 10.1. The maximum absolute atomic E-state index is 11.8. The third-order valence-corrected chi connectivity index (χ3v) is 3.08. The van der Waals surface area contributed by atoms with Crippen molar-refractivity contribution in [3.8, 4) is 0 Å². The first-order valence-corrected chi connectivity index (χ1v) is 6.49. The highest BCUT2D eigenvalue weighted by atomic mass is 16.5. The number of hydrogen-bond donors (Lipinski definition) is 1. The molecular formula is C15H20N2O2. The lowest BCUT2D eigenvalue weighted by Gasteiger charge is -2.20. The standard InChI is InChI=1S/C15H20N2O2/c1-11(2)16-13(15(18)19-3)10-17-9-8-12-6-4-5-7-14(12)17/h4-9,11,13,16H,10H2,1-3H3. The van der Waals surface area contributed by atoms with Gasteiger partial charge < -0.3 is 14.6 Å². The number of fused-ring (bicyclic) bond motifs is 1. The van der Waals surface area contributed by atoms with Gasteiger partial charge in [-0.1, -0.05) is 32.0 Å². The molecule has 1 aromatic heterocycles. The normalized spacial score (nSPS) is 12.8. The van der Waals surface area contributed by atoms with Crippen LogP contribution < -0.4 is 5.32 Å². The number of nitrogens with one attached hydrogen (secondary N) is 1. The average molecular weight is 260 g/mol. The van der Waals surface area contributed by atoms with Crippen molar-refractivity contribution >= 4 is 16.9 Å². The Morgan fingerprint density at radius 3 is 2.74 bits per heavy atom. The van der Waals surface area contributed by atoms with E-state index in [0.29, 0.717) is 6.54 Å². The molecule has 0 radical (unpaired) electrons. The van der Waals surface area contributed by atoms with Gasteiger partial charge in [0.25, 0.3) is 0 Å². The molecule has 0 saturated heterocycles. The van der Waals surface area contributed by atoms with Crippen molar-refractivity contribution in [3.05, 3.63) is 36.5 Å². The molecule has 19 heavy (non-hydrogen) atoms. The summed E-state index contributed by atoms with van der Waals surface area (Å²) in [6.45, 7) is 4.60. The first kappa shape index (κ1) is 13.6. The molecule has 1 atom stereocenters. The molecule has 4 heteroatoms. The Bertz CT molecular complexity index is 560. The Balaban J connectivity index is 2.23. The number of rotatable bonds is 5. The fourth-order valence-electron chi connectivity index (χ4n) is 2.24. The zero-order valence-corrected chi connectivity index (χ0v) is 11.6. The number of hydrogen-bond acceptors (Lipinski definition) is 3. The summed E-state index contributed by atoms with van der Waals surface area (Å²) in [5.41, 5.74) is 1.13. The van der Waals surface area contributed by atoms with E-state index in [1.54, 1.807) is 0 Å². The highest BCUT2D eigenvalue weighted by Crippen LogP contribution is 2.15. The van der Waals surface area contributed by atoms with E-state index < -0.39 is 0 Å². The van der Waals surface area contributed by atoms with Crippen molar-refractivity contribution in [2.75, 3.05) is 7.11 Å². The number of aromatic nitrogens is 1. The Hall–Kier alpha value is -1.81. The van der Waals surface area contributed by atoms with E-state index in [4.69, 9.17) is 4.74 Å². The number of ether oxygens (including phenoxy) is 1. The summed E-state index contributed by atoms with van der Waals surface area (Å²) in [4.78, 5) is 11.8. The minimum absolute atomic E-state index is 0.228. The molecule has 0 spiro atoms. The molecule has 102 valence electrons. The maximum Gasteiger partial charge on any atom is 0.324 e. The van der Waals surface area contributed by atoms with E-state index >= 15 is 0 Å². The monoisotopic (exact) mass is 260 g/mol. The first-order valence-electron chi connectivity index (χ1n) is 6.49. The molecule has 0 fully saturated rings. The number of carbonyl (C=O) groups is 1. The third kappa shape index (κ3) is 3.15. The van der Waals surface area contributed by atoms with Crippen LogP contribution in [0.15, 0.2) is 36.5 Å². The van der Waals surface area contributed by atoms with Gasteiger partial charge in [-0.2, -0.15) is 0 Å². The van der Waals surface area contributed by atoms with Gasteiger partial charge in [-0.3, -0.25) is 4.79 Å². The Kier molecular flexibility index (Phi) is 4.22. The number of benzene rings is 1. The number of methoxy groups -OCH3 is 1. The zero-order valence-electron chi connectivity index (χ0n) is 11.6. The summed E-state index contributed by atoms with van der Waals surface area (Å²) in [6.07, 6.45) is 2.00. The number of carbonyl (C=O) groups excluding carboxylic acids is 1. The molecule has 0 aliphatic carbocycles. The second kappa shape index (κ2) is 5.89. The van der Waals surface area contributed by atoms with Crippen LogP contribution >= 0.6 is 0 Å². The van der Waals surface area contributed by atoms with Crippen LogP contribution in [0.3, 0.4) is 0 Å². The van der Waals surface area contributed by atoms with Gasteiger partial charge in [-0.25, -0.2) is 0 Å². The minimum Gasteiger partial charge on any atom is -0.468 e. The molecule has 0 saturated carbocycles. The first-order chi connectivity index (χ1) is 9.11. The minimum atomic E-state index is -0.333. The molecule has 0 aliphatic rings. The van der Waals surface area contributed by atoms with E-state index in [-0.39, 0.29) is 18.1 Å². The van der Waals surface area contributed by atoms with Crippen LogP contribution in [0.1, 0.15) is 13.8 Å². The van der Waals surface area contributed by atoms with E-state index in [0.717, 1.165) is 5.52 Å². The van der Waals surface area contributed by atoms with Crippen LogP contribution in [0, 0.1) is 0 Å². The molecular weight excluding hydrogens is 240 g/mol. The molecule has 1 N–H and O–H groups in total. The van der Waals surface area contributed by atoms with Crippen LogP contribution in [-0.2, 0) is 16.1 Å². The molecule has 1 unspecified atom stereocenters. The van der Waals surface area contributed by atoms with Gasteiger partial charge in [0.1, 0.15) is 6.04 Å². The molecule has 0 aliphatic heterocycles. The Morgan fingerprint density at radius 2 is 2.05 bits per heavy atom. The van der Waals surface area contributed by atoms with Crippen LogP contribution in [0.2, 0.25) is 0 Å². The number of esters is 1. The van der Waals surface area contributed by atoms with Gasteiger partial charge in [0.05, 0.1) is 7.11 Å². The van der Waals surface area contributed by atoms with Crippen molar-refractivity contribution in [2.45, 2.75) is 32.5 Å². The smallest absolute Gasteiger partial charge is 0.324 e. The molecule has 2 rings (SSSR count). The molecule has 1 aromatic carbocycles. The summed E-state index contributed by atoms with van der Waals surface area (Å²) in [5.74, 6) is -0.230. The lowest BCUT2D eigenvalue weighted by atomic mass is 10.2. The summed E-state index contributed by atoms with van der Waals surface area (Å²) >= 11 is 0. The maximum atomic E-state index is 11.8. The summed E-state index contributed by atoms with van der Waals surface area (Å²) < 4.78 is 6.94. The fourth-order valence-corrected chi connectivity index (χ4v) is 2.24. The van der Waals surface area contributed by atoms with Crippen molar-refractivity contribution in [3.63, 3.8) is 0 Å². The van der Waals surface area contributed by atoms with Crippen molar-refractivity contribution < 1.29 is 9.53 Å². The summed E-state index contributed by atoms with van der Waals surface area (Å²) in [5, 5.41) is 4.41. The molecule has 1 heterocycles. The lowest BCUT2D eigenvalue weighted by Crippen LogP contribution is -2.44. The van der Waals surface area contributed by atoms with Crippen molar-refractivity contribution in [1.29, 1.82) is 0 Å². The van der Waals surface area contributed by atoms with Crippen LogP contribution in [0.5, 0.6) is 0 Å². The molecule has 4 nitrogen and oxygen atoms in total. The van der Waals surface area contributed by atoms with Crippen LogP contribution in [-0.4, -0.2) is 29.7 Å². The van der Waals surface area contributed by atoms with E-state index in [2.05, 4.69) is 28.1 Å². The van der Waals surface area contributed by atoms with Gasteiger partial charge in [0, 0.05) is 24.3 Å². The molecule has 0 bridgehead atoms. The van der Waals surface area contributed by atoms with E-state index in [9.17, 15) is 4.79 Å². The summed E-state index contributed by atoms with van der Waals surface area (Å²) in [7, 11) is 1.42. The second-order valence-electron chi connectivity index (χ2n) is 4.92. The SMILES string of the molecule is COC(=O)C(Cn1ccc2ccccc21)NC(C)C. The predicted octanol–water partition coefficient (Wildman–Crippen LogP) is 2.18. The quantitative estimate of drug-likeness (QED) is 0.838.